The summed E-state index contributed by atoms with van der Waals surface area (Å²) in [5.41, 5.74) is 0.182. The maximum Gasteiger partial charge on any atom is 0.261 e. The standard InChI is InChI=1S/C15H17NOS2/c17-14(12-5-3-9-18-12)16-11-15(7-1-2-8-15)13-6-4-10-19-13/h3-6,9-10H,1-2,7-8,11H2,(H,16,17). The van der Waals surface area contributed by atoms with Crippen molar-refractivity contribution in [2.45, 2.75) is 31.1 Å². The third-order valence-electron chi connectivity index (χ3n) is 3.94. The molecule has 2 aromatic heterocycles. The van der Waals surface area contributed by atoms with Gasteiger partial charge in [0.2, 0.25) is 0 Å². The minimum atomic E-state index is 0.0674. The lowest BCUT2D eigenvalue weighted by Crippen LogP contribution is -2.38. The quantitative estimate of drug-likeness (QED) is 0.904. The van der Waals surface area contributed by atoms with Gasteiger partial charge < -0.3 is 5.32 Å². The van der Waals surface area contributed by atoms with E-state index in [4.69, 9.17) is 0 Å². The van der Waals surface area contributed by atoms with Gasteiger partial charge in [-0.05, 0) is 35.7 Å². The van der Waals surface area contributed by atoms with E-state index in [1.165, 1.54) is 41.9 Å². The minimum absolute atomic E-state index is 0.0674. The zero-order valence-electron chi connectivity index (χ0n) is 10.7. The molecule has 0 bridgehead atoms. The third kappa shape index (κ3) is 2.60. The maximum absolute atomic E-state index is 12.1. The first kappa shape index (κ1) is 12.9. The molecule has 0 spiro atoms. The van der Waals surface area contributed by atoms with Crippen molar-refractivity contribution in [1.82, 2.24) is 5.32 Å². The molecule has 2 nitrogen and oxygen atoms in total. The van der Waals surface area contributed by atoms with Gasteiger partial charge in [-0.1, -0.05) is 25.0 Å². The Kier molecular flexibility index (Phi) is 3.71. The molecule has 0 aliphatic heterocycles. The van der Waals surface area contributed by atoms with Crippen LogP contribution in [0.3, 0.4) is 0 Å². The Morgan fingerprint density at radius 2 is 1.89 bits per heavy atom. The fourth-order valence-electron chi connectivity index (χ4n) is 2.89. The van der Waals surface area contributed by atoms with Crippen molar-refractivity contribution >= 4 is 28.6 Å². The normalized spacial score (nSPS) is 17.5. The SMILES string of the molecule is O=C(NCC1(c2cccs2)CCCC1)c1cccs1. The number of hydrogen-bond donors (Lipinski definition) is 1. The summed E-state index contributed by atoms with van der Waals surface area (Å²) in [6.07, 6.45) is 4.93. The molecule has 19 heavy (non-hydrogen) atoms. The summed E-state index contributed by atoms with van der Waals surface area (Å²) in [5, 5.41) is 7.21. The summed E-state index contributed by atoms with van der Waals surface area (Å²) in [6, 6.07) is 8.13. The van der Waals surface area contributed by atoms with Crippen LogP contribution in [-0.2, 0) is 5.41 Å². The minimum Gasteiger partial charge on any atom is -0.350 e. The highest BCUT2D eigenvalue weighted by Crippen LogP contribution is 2.42. The Morgan fingerprint density at radius 3 is 2.53 bits per heavy atom. The molecule has 0 radical (unpaired) electrons. The van der Waals surface area contributed by atoms with Gasteiger partial charge in [-0.25, -0.2) is 0 Å². The molecule has 4 heteroatoms. The molecule has 1 saturated carbocycles. The lowest BCUT2D eigenvalue weighted by molar-refractivity contribution is 0.0947. The van der Waals surface area contributed by atoms with Gasteiger partial charge in [-0.3, -0.25) is 4.79 Å². The second kappa shape index (κ2) is 5.47. The van der Waals surface area contributed by atoms with Gasteiger partial charge in [0, 0.05) is 16.8 Å². The number of rotatable bonds is 4. The summed E-state index contributed by atoms with van der Waals surface area (Å²) >= 11 is 3.32. The van der Waals surface area contributed by atoms with Crippen molar-refractivity contribution in [3.05, 3.63) is 44.8 Å². The van der Waals surface area contributed by atoms with Gasteiger partial charge in [0.05, 0.1) is 4.88 Å². The van der Waals surface area contributed by atoms with Gasteiger partial charge in [0.25, 0.3) is 5.91 Å². The molecular weight excluding hydrogens is 274 g/mol. The first-order valence-electron chi connectivity index (χ1n) is 6.66. The Hall–Kier alpha value is -1.13. The lowest BCUT2D eigenvalue weighted by atomic mass is 9.84. The highest BCUT2D eigenvalue weighted by atomic mass is 32.1. The van der Waals surface area contributed by atoms with E-state index in [-0.39, 0.29) is 11.3 Å². The molecule has 1 aliphatic rings. The van der Waals surface area contributed by atoms with E-state index in [9.17, 15) is 4.79 Å². The van der Waals surface area contributed by atoms with Crippen LogP contribution in [0.1, 0.15) is 40.2 Å². The van der Waals surface area contributed by atoms with Crippen molar-refractivity contribution in [3.63, 3.8) is 0 Å². The molecule has 1 fully saturated rings. The summed E-state index contributed by atoms with van der Waals surface area (Å²) in [4.78, 5) is 14.3. The van der Waals surface area contributed by atoms with Crippen LogP contribution in [-0.4, -0.2) is 12.5 Å². The third-order valence-corrected chi connectivity index (χ3v) is 5.92. The van der Waals surface area contributed by atoms with Crippen molar-refractivity contribution in [3.8, 4) is 0 Å². The van der Waals surface area contributed by atoms with E-state index in [0.717, 1.165) is 11.4 Å². The molecule has 1 amide bonds. The number of amides is 1. The number of carbonyl (C=O) groups excluding carboxylic acids is 1. The average molecular weight is 291 g/mol. The van der Waals surface area contributed by atoms with Crippen molar-refractivity contribution in [1.29, 1.82) is 0 Å². The van der Waals surface area contributed by atoms with E-state index in [2.05, 4.69) is 22.8 Å². The zero-order valence-corrected chi connectivity index (χ0v) is 12.4. The number of carbonyl (C=O) groups is 1. The maximum atomic E-state index is 12.1. The molecule has 100 valence electrons. The van der Waals surface area contributed by atoms with Gasteiger partial charge in [-0.15, -0.1) is 22.7 Å². The van der Waals surface area contributed by atoms with E-state index < -0.39 is 0 Å². The highest BCUT2D eigenvalue weighted by molar-refractivity contribution is 7.12. The van der Waals surface area contributed by atoms with E-state index in [1.807, 2.05) is 28.8 Å². The molecule has 1 N–H and O–H groups in total. The summed E-state index contributed by atoms with van der Waals surface area (Å²) in [6.45, 7) is 0.768. The van der Waals surface area contributed by atoms with E-state index >= 15 is 0 Å². The average Bonchev–Trinajstić information content (AvgIpc) is 3.16. The second-order valence-corrected chi connectivity index (χ2v) is 7.02. The lowest BCUT2D eigenvalue weighted by Gasteiger charge is -2.28. The monoisotopic (exact) mass is 291 g/mol. The molecule has 3 rings (SSSR count). The topological polar surface area (TPSA) is 29.1 Å². The van der Waals surface area contributed by atoms with Gasteiger partial charge in [-0.2, -0.15) is 0 Å². The van der Waals surface area contributed by atoms with E-state index in [1.54, 1.807) is 0 Å². The van der Waals surface area contributed by atoms with Crippen LogP contribution >= 0.6 is 22.7 Å². The first-order valence-corrected chi connectivity index (χ1v) is 8.42. The molecule has 0 aromatic carbocycles. The molecule has 0 saturated heterocycles. The molecule has 2 heterocycles. The molecule has 1 aliphatic carbocycles. The molecule has 0 unspecified atom stereocenters. The van der Waals surface area contributed by atoms with Crippen LogP contribution in [0, 0.1) is 0 Å². The second-order valence-electron chi connectivity index (χ2n) is 5.12. The van der Waals surface area contributed by atoms with Crippen molar-refractivity contribution in [2.24, 2.45) is 0 Å². The first-order chi connectivity index (χ1) is 9.30. The Morgan fingerprint density at radius 1 is 1.16 bits per heavy atom. The Labute approximate surface area is 121 Å². The number of thiophene rings is 2. The summed E-state index contributed by atoms with van der Waals surface area (Å²) in [5.74, 6) is 0.0674. The zero-order chi connectivity index (χ0) is 13.1. The van der Waals surface area contributed by atoms with Crippen LogP contribution in [0.5, 0.6) is 0 Å². The highest BCUT2D eigenvalue weighted by Gasteiger charge is 2.36. The number of nitrogens with one attached hydrogen (secondary N) is 1. The summed E-state index contributed by atoms with van der Waals surface area (Å²) < 4.78 is 0. The molecule has 2 aromatic rings. The van der Waals surface area contributed by atoms with Gasteiger partial charge >= 0.3 is 0 Å². The number of hydrogen-bond acceptors (Lipinski definition) is 3. The fraction of sp³-hybridized carbons (Fsp3) is 0.400. The van der Waals surface area contributed by atoms with Gasteiger partial charge in [0.1, 0.15) is 0 Å². The molecular formula is C15H17NOS2. The molecule has 0 atom stereocenters. The van der Waals surface area contributed by atoms with Gasteiger partial charge in [0.15, 0.2) is 0 Å². The largest absolute Gasteiger partial charge is 0.350 e. The van der Waals surface area contributed by atoms with Crippen molar-refractivity contribution in [2.75, 3.05) is 6.54 Å². The van der Waals surface area contributed by atoms with Crippen molar-refractivity contribution < 1.29 is 4.79 Å². The van der Waals surface area contributed by atoms with Crippen LogP contribution in [0.25, 0.3) is 0 Å². The Bertz CT molecular complexity index is 525. The van der Waals surface area contributed by atoms with Crippen LogP contribution in [0.4, 0.5) is 0 Å². The van der Waals surface area contributed by atoms with E-state index in [0.29, 0.717) is 0 Å². The Balaban J connectivity index is 1.71. The van der Waals surface area contributed by atoms with Crippen LogP contribution < -0.4 is 5.32 Å². The summed E-state index contributed by atoms with van der Waals surface area (Å²) in [7, 11) is 0. The predicted molar refractivity (Wildman–Crippen MR) is 81.1 cm³/mol. The fourth-order valence-corrected chi connectivity index (χ4v) is 4.51. The van der Waals surface area contributed by atoms with Crippen LogP contribution in [0.15, 0.2) is 35.0 Å². The smallest absolute Gasteiger partial charge is 0.261 e. The predicted octanol–water partition coefficient (Wildman–Crippen LogP) is 4.05. The van der Waals surface area contributed by atoms with Crippen LogP contribution in [0.2, 0.25) is 0 Å².